The molecule has 0 spiro atoms. The molecule has 1 atom stereocenters. The highest BCUT2D eigenvalue weighted by atomic mass is 16.5. The highest BCUT2D eigenvalue weighted by Crippen LogP contribution is 2.23. The molecule has 3 nitrogen and oxygen atoms in total. The molecule has 1 unspecified atom stereocenters. The smallest absolute Gasteiger partial charge is 0.326 e. The maximum Gasteiger partial charge on any atom is 0.326 e. The summed E-state index contributed by atoms with van der Waals surface area (Å²) in [5.41, 5.74) is 5.08. The van der Waals surface area contributed by atoms with Crippen LogP contribution in [-0.4, -0.2) is 17.6 Å². The Balaban J connectivity index is 2.39. The first-order chi connectivity index (χ1) is 6.56. The number of esters is 1. The molecule has 0 amide bonds. The first-order valence-electron chi connectivity index (χ1n) is 5.56. The maximum absolute atomic E-state index is 11.7. The van der Waals surface area contributed by atoms with Crippen LogP contribution in [0.15, 0.2) is 0 Å². The number of hydrogen-bond donors (Lipinski definition) is 1. The van der Waals surface area contributed by atoms with Crippen molar-refractivity contribution in [1.29, 1.82) is 0 Å². The van der Waals surface area contributed by atoms with Crippen molar-refractivity contribution in [1.82, 2.24) is 0 Å². The van der Waals surface area contributed by atoms with E-state index in [1.54, 1.807) is 6.92 Å². The van der Waals surface area contributed by atoms with Gasteiger partial charge < -0.3 is 10.5 Å². The Bertz CT molecular complexity index is 195. The summed E-state index contributed by atoms with van der Waals surface area (Å²) >= 11 is 0. The zero-order valence-electron chi connectivity index (χ0n) is 9.21. The third-order valence-corrected chi connectivity index (χ3v) is 2.81. The third kappa shape index (κ3) is 2.98. The Morgan fingerprint density at radius 1 is 1.50 bits per heavy atom. The molecule has 0 aromatic heterocycles. The predicted octanol–water partition coefficient (Wildman–Crippen LogP) is 1.99. The van der Waals surface area contributed by atoms with Crippen LogP contribution in [0.4, 0.5) is 0 Å². The lowest BCUT2D eigenvalue weighted by Crippen LogP contribution is -2.47. The van der Waals surface area contributed by atoms with Crippen molar-refractivity contribution in [3.05, 3.63) is 0 Å². The molecule has 1 rings (SSSR count). The molecule has 0 saturated heterocycles. The fourth-order valence-corrected chi connectivity index (χ4v) is 1.91. The fraction of sp³-hybridized carbons (Fsp3) is 0.909. The van der Waals surface area contributed by atoms with Gasteiger partial charge in [0.25, 0.3) is 0 Å². The lowest BCUT2D eigenvalue weighted by atomic mass is 9.98. The van der Waals surface area contributed by atoms with Crippen LogP contribution in [0.3, 0.4) is 0 Å². The SMILES string of the molecule is CCCC(C)(N)C(=O)OC1CCCC1. The standard InChI is InChI=1S/C11H21NO2/c1-3-8-11(2,12)10(13)14-9-6-4-5-7-9/h9H,3-8,12H2,1-2H3. The second-order valence-corrected chi connectivity index (χ2v) is 4.48. The maximum atomic E-state index is 11.7. The van der Waals surface area contributed by atoms with E-state index < -0.39 is 5.54 Å². The quantitative estimate of drug-likeness (QED) is 0.704. The van der Waals surface area contributed by atoms with Gasteiger partial charge in [-0.25, -0.2) is 0 Å². The van der Waals surface area contributed by atoms with Gasteiger partial charge in [-0.2, -0.15) is 0 Å². The Hall–Kier alpha value is -0.570. The van der Waals surface area contributed by atoms with Gasteiger partial charge in [-0.1, -0.05) is 13.3 Å². The zero-order chi connectivity index (χ0) is 10.6. The molecular formula is C11H21NO2. The Labute approximate surface area is 86.0 Å². The topological polar surface area (TPSA) is 52.3 Å². The van der Waals surface area contributed by atoms with Crippen LogP contribution in [0.2, 0.25) is 0 Å². The van der Waals surface area contributed by atoms with Crippen molar-refractivity contribution < 1.29 is 9.53 Å². The Morgan fingerprint density at radius 3 is 2.57 bits per heavy atom. The summed E-state index contributed by atoms with van der Waals surface area (Å²) in [5.74, 6) is -0.230. The molecule has 0 radical (unpaired) electrons. The summed E-state index contributed by atoms with van der Waals surface area (Å²) in [6, 6.07) is 0. The summed E-state index contributed by atoms with van der Waals surface area (Å²) < 4.78 is 5.36. The highest BCUT2D eigenvalue weighted by molar-refractivity contribution is 5.80. The van der Waals surface area contributed by atoms with E-state index in [1.807, 2.05) is 6.92 Å². The van der Waals surface area contributed by atoms with E-state index in [2.05, 4.69) is 0 Å². The molecule has 0 bridgehead atoms. The van der Waals surface area contributed by atoms with Crippen LogP contribution in [-0.2, 0) is 9.53 Å². The summed E-state index contributed by atoms with van der Waals surface area (Å²) in [6.45, 7) is 3.78. The van der Waals surface area contributed by atoms with Gasteiger partial charge in [-0.15, -0.1) is 0 Å². The van der Waals surface area contributed by atoms with Crippen LogP contribution in [0, 0.1) is 0 Å². The van der Waals surface area contributed by atoms with E-state index >= 15 is 0 Å². The minimum Gasteiger partial charge on any atom is -0.461 e. The molecule has 0 heterocycles. The van der Waals surface area contributed by atoms with E-state index in [0.717, 1.165) is 19.3 Å². The number of nitrogens with two attached hydrogens (primary N) is 1. The first kappa shape index (κ1) is 11.5. The van der Waals surface area contributed by atoms with Crippen LogP contribution >= 0.6 is 0 Å². The minimum absolute atomic E-state index is 0.127. The number of hydrogen-bond acceptors (Lipinski definition) is 3. The van der Waals surface area contributed by atoms with Gasteiger partial charge in [0, 0.05) is 0 Å². The van der Waals surface area contributed by atoms with Gasteiger partial charge in [-0.05, 0) is 39.0 Å². The predicted molar refractivity (Wildman–Crippen MR) is 55.8 cm³/mol. The molecule has 1 aliphatic rings. The lowest BCUT2D eigenvalue weighted by Gasteiger charge is -2.24. The van der Waals surface area contributed by atoms with Crippen LogP contribution in [0.1, 0.15) is 52.4 Å². The summed E-state index contributed by atoms with van der Waals surface area (Å²) in [7, 11) is 0. The molecule has 82 valence electrons. The zero-order valence-corrected chi connectivity index (χ0v) is 9.21. The van der Waals surface area contributed by atoms with Crippen molar-refractivity contribution in [2.24, 2.45) is 5.73 Å². The van der Waals surface area contributed by atoms with Crippen molar-refractivity contribution in [2.45, 2.75) is 64.0 Å². The molecule has 3 heteroatoms. The van der Waals surface area contributed by atoms with Gasteiger partial charge in [0.15, 0.2) is 0 Å². The number of carbonyl (C=O) groups is 1. The molecule has 1 aliphatic carbocycles. The van der Waals surface area contributed by atoms with Gasteiger partial charge >= 0.3 is 5.97 Å². The molecule has 2 N–H and O–H groups in total. The van der Waals surface area contributed by atoms with Crippen molar-refractivity contribution in [3.63, 3.8) is 0 Å². The molecule has 0 aromatic carbocycles. The molecule has 1 fully saturated rings. The fourth-order valence-electron chi connectivity index (χ4n) is 1.91. The second-order valence-electron chi connectivity index (χ2n) is 4.48. The van der Waals surface area contributed by atoms with Crippen molar-refractivity contribution in [2.75, 3.05) is 0 Å². The average molecular weight is 199 g/mol. The molecule has 0 aliphatic heterocycles. The Morgan fingerprint density at radius 2 is 2.07 bits per heavy atom. The van der Waals surface area contributed by atoms with Gasteiger partial charge in [-0.3, -0.25) is 4.79 Å². The van der Waals surface area contributed by atoms with Crippen molar-refractivity contribution in [3.8, 4) is 0 Å². The largest absolute Gasteiger partial charge is 0.461 e. The van der Waals surface area contributed by atoms with E-state index in [0.29, 0.717) is 6.42 Å². The lowest BCUT2D eigenvalue weighted by molar-refractivity contribution is -0.155. The molecular weight excluding hydrogens is 178 g/mol. The van der Waals surface area contributed by atoms with Gasteiger partial charge in [0.2, 0.25) is 0 Å². The normalized spacial score (nSPS) is 21.9. The number of carbonyl (C=O) groups excluding carboxylic acids is 1. The van der Waals surface area contributed by atoms with Crippen LogP contribution < -0.4 is 5.73 Å². The summed E-state index contributed by atoms with van der Waals surface area (Å²) in [6.07, 6.45) is 6.09. The van der Waals surface area contributed by atoms with E-state index in [4.69, 9.17) is 10.5 Å². The molecule has 14 heavy (non-hydrogen) atoms. The number of ether oxygens (including phenoxy) is 1. The Kier molecular flexibility index (Phi) is 3.93. The van der Waals surface area contributed by atoms with Crippen LogP contribution in [0.25, 0.3) is 0 Å². The van der Waals surface area contributed by atoms with E-state index in [1.165, 1.54) is 12.8 Å². The highest BCUT2D eigenvalue weighted by Gasteiger charge is 2.31. The van der Waals surface area contributed by atoms with Crippen LogP contribution in [0.5, 0.6) is 0 Å². The summed E-state index contributed by atoms with van der Waals surface area (Å²) in [4.78, 5) is 11.7. The van der Waals surface area contributed by atoms with Gasteiger partial charge in [0.05, 0.1) is 0 Å². The molecule has 1 saturated carbocycles. The van der Waals surface area contributed by atoms with Gasteiger partial charge in [0.1, 0.15) is 11.6 Å². The minimum atomic E-state index is -0.794. The third-order valence-electron chi connectivity index (χ3n) is 2.81. The average Bonchev–Trinajstić information content (AvgIpc) is 2.56. The monoisotopic (exact) mass is 199 g/mol. The van der Waals surface area contributed by atoms with E-state index in [-0.39, 0.29) is 12.1 Å². The number of rotatable bonds is 4. The molecule has 0 aromatic rings. The second kappa shape index (κ2) is 4.78. The summed E-state index contributed by atoms with van der Waals surface area (Å²) in [5, 5.41) is 0. The van der Waals surface area contributed by atoms with E-state index in [9.17, 15) is 4.79 Å². The first-order valence-corrected chi connectivity index (χ1v) is 5.56. The van der Waals surface area contributed by atoms with Crippen molar-refractivity contribution >= 4 is 5.97 Å².